The van der Waals surface area contributed by atoms with Crippen LogP contribution in [-0.2, 0) is 4.79 Å². The molecule has 0 radical (unpaired) electrons. The fraction of sp³-hybridized carbons (Fsp3) is 0.381. The van der Waals surface area contributed by atoms with E-state index < -0.39 is 0 Å². The van der Waals surface area contributed by atoms with Gasteiger partial charge in [0.25, 0.3) is 0 Å². The molecule has 4 heterocycles. The molecule has 10 nitrogen and oxygen atoms in total. The number of aromatic nitrogens is 6. The molecule has 0 aliphatic heterocycles. The van der Waals surface area contributed by atoms with Gasteiger partial charge in [0, 0.05) is 42.0 Å². The fourth-order valence-corrected chi connectivity index (χ4v) is 4.44. The number of carbonyl (C=O) groups is 1. The third-order valence-corrected chi connectivity index (χ3v) is 5.78. The van der Waals surface area contributed by atoms with Gasteiger partial charge in [-0.1, -0.05) is 0 Å². The Balaban J connectivity index is 1.45. The maximum absolute atomic E-state index is 11.4. The summed E-state index contributed by atoms with van der Waals surface area (Å²) in [4.78, 5) is 23.8. The number of anilines is 1. The van der Waals surface area contributed by atoms with E-state index in [1.807, 2.05) is 42.8 Å². The van der Waals surface area contributed by atoms with Crippen molar-refractivity contribution >= 4 is 28.5 Å². The molecule has 0 bridgehead atoms. The molecule has 10 heteroatoms. The van der Waals surface area contributed by atoms with E-state index in [1.54, 1.807) is 14.0 Å². The molecule has 3 N–H and O–H groups in total. The lowest BCUT2D eigenvalue weighted by molar-refractivity contribution is -0.121. The zero-order valence-electron chi connectivity index (χ0n) is 17.9. The molecule has 4 aromatic rings. The number of methoxy groups -OCH3 is 1. The molecule has 1 amide bonds. The minimum Gasteiger partial charge on any atom is -0.480 e. The number of fused-ring (bicyclic) bond motifs is 2. The van der Waals surface area contributed by atoms with Gasteiger partial charge in [-0.2, -0.15) is 9.97 Å². The van der Waals surface area contributed by atoms with Crippen LogP contribution in [-0.4, -0.2) is 54.1 Å². The summed E-state index contributed by atoms with van der Waals surface area (Å²) in [5.41, 5.74) is 3.22. The van der Waals surface area contributed by atoms with E-state index in [4.69, 9.17) is 4.74 Å². The first-order valence-corrected chi connectivity index (χ1v) is 10.2. The molecule has 0 atom stereocenters. The van der Waals surface area contributed by atoms with Crippen LogP contribution in [0, 0.1) is 6.92 Å². The van der Waals surface area contributed by atoms with Gasteiger partial charge < -0.3 is 20.4 Å². The van der Waals surface area contributed by atoms with Gasteiger partial charge in [-0.05, 0) is 38.8 Å². The second-order valence-corrected chi connectivity index (χ2v) is 8.37. The fourth-order valence-electron chi connectivity index (χ4n) is 4.44. The van der Waals surface area contributed by atoms with Crippen LogP contribution in [0.5, 0.6) is 5.88 Å². The molecule has 5 rings (SSSR count). The number of pyridine rings is 1. The first kappa shape index (κ1) is 19.3. The van der Waals surface area contributed by atoms with Crippen LogP contribution in [0.3, 0.4) is 0 Å². The number of amides is 1. The quantitative estimate of drug-likeness (QED) is 0.453. The van der Waals surface area contributed by atoms with Crippen LogP contribution in [0.25, 0.3) is 27.8 Å². The van der Waals surface area contributed by atoms with Crippen molar-refractivity contribution in [1.82, 2.24) is 34.9 Å². The van der Waals surface area contributed by atoms with Crippen LogP contribution in [0.4, 0.5) is 5.95 Å². The zero-order chi connectivity index (χ0) is 21.8. The van der Waals surface area contributed by atoms with Crippen molar-refractivity contribution in [2.75, 3.05) is 12.4 Å². The molecule has 1 aliphatic carbocycles. The topological polar surface area (TPSA) is 122 Å². The summed E-state index contributed by atoms with van der Waals surface area (Å²) in [7, 11) is 1.60. The minimum atomic E-state index is -0.184. The number of carbonyl (C=O) groups excluding carboxylic acids is 1. The van der Waals surface area contributed by atoms with Crippen molar-refractivity contribution in [2.45, 2.75) is 45.2 Å². The Morgan fingerprint density at radius 3 is 2.84 bits per heavy atom. The second-order valence-electron chi connectivity index (χ2n) is 8.37. The number of ether oxygens (including phenoxy) is 1. The van der Waals surface area contributed by atoms with E-state index in [2.05, 4.69) is 35.8 Å². The summed E-state index contributed by atoms with van der Waals surface area (Å²) < 4.78 is 7.56. The lowest BCUT2D eigenvalue weighted by atomic mass is 9.74. The number of aryl methyl sites for hydroxylation is 1. The highest BCUT2D eigenvalue weighted by atomic mass is 16.5. The van der Waals surface area contributed by atoms with Gasteiger partial charge in [0.1, 0.15) is 11.5 Å². The van der Waals surface area contributed by atoms with Gasteiger partial charge in [0.05, 0.1) is 12.5 Å². The molecule has 0 aromatic carbocycles. The summed E-state index contributed by atoms with van der Waals surface area (Å²) in [6.45, 7) is 5.50. The highest BCUT2D eigenvalue weighted by Crippen LogP contribution is 2.37. The number of rotatable bonds is 5. The molecule has 1 aliphatic rings. The number of H-pyrrole nitrogens is 1. The van der Waals surface area contributed by atoms with Crippen molar-refractivity contribution in [3.8, 4) is 17.0 Å². The van der Waals surface area contributed by atoms with Gasteiger partial charge in [-0.25, -0.2) is 0 Å². The van der Waals surface area contributed by atoms with Crippen molar-refractivity contribution < 1.29 is 9.53 Å². The summed E-state index contributed by atoms with van der Waals surface area (Å²) >= 11 is 0. The van der Waals surface area contributed by atoms with Crippen LogP contribution in [0.2, 0.25) is 0 Å². The predicted octanol–water partition coefficient (Wildman–Crippen LogP) is 2.45. The summed E-state index contributed by atoms with van der Waals surface area (Å²) in [5, 5.41) is 15.4. The highest BCUT2D eigenvalue weighted by Gasteiger charge is 2.41. The largest absolute Gasteiger partial charge is 0.480 e. The standard InChI is InChI=1S/C21H24N8O2/c1-11-27-28-16-6-5-13(10-29(11)16)15-9-22-18-17(15)19(31-4)25-20(24-18)23-14-7-21(3,8-14)26-12(2)30/h5-6,9-10,14H,7-8H2,1-4H3,(H,26,30)(H2,22,23,24,25)/t14-,21+. The van der Waals surface area contributed by atoms with Crippen molar-refractivity contribution in [3.63, 3.8) is 0 Å². The average Bonchev–Trinajstić information content (AvgIpc) is 3.29. The van der Waals surface area contributed by atoms with E-state index in [1.165, 1.54) is 0 Å². The molecule has 0 unspecified atom stereocenters. The average molecular weight is 420 g/mol. The molecule has 4 aromatic heterocycles. The van der Waals surface area contributed by atoms with E-state index >= 15 is 0 Å². The van der Waals surface area contributed by atoms with Crippen LogP contribution in [0.15, 0.2) is 24.5 Å². The minimum absolute atomic E-state index is 0.0148. The first-order chi connectivity index (χ1) is 14.8. The third kappa shape index (κ3) is 3.33. The number of nitrogens with zero attached hydrogens (tertiary/aromatic N) is 5. The maximum Gasteiger partial charge on any atom is 0.228 e. The summed E-state index contributed by atoms with van der Waals surface area (Å²) in [6.07, 6.45) is 5.52. The van der Waals surface area contributed by atoms with Gasteiger partial charge in [0.15, 0.2) is 5.65 Å². The Bertz CT molecular complexity index is 1300. The Hall–Kier alpha value is -3.69. The molecule has 0 spiro atoms. The van der Waals surface area contributed by atoms with Gasteiger partial charge in [-0.15, -0.1) is 10.2 Å². The molecule has 0 saturated heterocycles. The molecule has 1 fully saturated rings. The van der Waals surface area contributed by atoms with Gasteiger partial charge >= 0.3 is 0 Å². The Kier molecular flexibility index (Phi) is 4.31. The Labute approximate surface area is 178 Å². The highest BCUT2D eigenvalue weighted by molar-refractivity contribution is 5.97. The van der Waals surface area contributed by atoms with Gasteiger partial charge in [0.2, 0.25) is 17.7 Å². The van der Waals surface area contributed by atoms with E-state index in [9.17, 15) is 4.79 Å². The molecule has 31 heavy (non-hydrogen) atoms. The number of aromatic amines is 1. The summed E-state index contributed by atoms with van der Waals surface area (Å²) in [5.74, 6) is 1.79. The summed E-state index contributed by atoms with van der Waals surface area (Å²) in [6, 6.07) is 4.11. The molecular weight excluding hydrogens is 396 g/mol. The second kappa shape index (κ2) is 6.93. The first-order valence-electron chi connectivity index (χ1n) is 10.2. The lowest BCUT2D eigenvalue weighted by Crippen LogP contribution is -2.59. The smallest absolute Gasteiger partial charge is 0.228 e. The third-order valence-electron chi connectivity index (χ3n) is 5.78. The van der Waals surface area contributed by atoms with Crippen molar-refractivity contribution in [3.05, 3.63) is 30.4 Å². The molecule has 1 saturated carbocycles. The lowest BCUT2D eigenvalue weighted by Gasteiger charge is -2.45. The molecular formula is C21H24N8O2. The predicted molar refractivity (Wildman–Crippen MR) is 116 cm³/mol. The van der Waals surface area contributed by atoms with Crippen LogP contribution in [0.1, 0.15) is 32.5 Å². The van der Waals surface area contributed by atoms with E-state index in [0.29, 0.717) is 17.5 Å². The number of hydrogen-bond donors (Lipinski definition) is 3. The normalized spacial score (nSPS) is 20.6. The number of hydrogen-bond acceptors (Lipinski definition) is 7. The van der Waals surface area contributed by atoms with Crippen LogP contribution < -0.4 is 15.4 Å². The van der Waals surface area contributed by atoms with Crippen molar-refractivity contribution in [1.29, 1.82) is 0 Å². The number of nitrogens with one attached hydrogen (secondary N) is 3. The zero-order valence-corrected chi connectivity index (χ0v) is 17.9. The van der Waals surface area contributed by atoms with E-state index in [0.717, 1.165) is 40.8 Å². The Morgan fingerprint density at radius 2 is 2.10 bits per heavy atom. The van der Waals surface area contributed by atoms with E-state index in [-0.39, 0.29) is 17.5 Å². The van der Waals surface area contributed by atoms with Gasteiger partial charge in [-0.3, -0.25) is 9.20 Å². The Morgan fingerprint density at radius 1 is 1.29 bits per heavy atom. The SMILES string of the molecule is COc1nc(N[C@H]2C[C@@](C)(NC(C)=O)C2)nc2[nH]cc(-c3ccc4nnc(C)n4c3)c12. The van der Waals surface area contributed by atoms with Crippen molar-refractivity contribution in [2.24, 2.45) is 0 Å². The molecule has 160 valence electrons. The van der Waals surface area contributed by atoms with Crippen LogP contribution >= 0.6 is 0 Å². The maximum atomic E-state index is 11.4. The monoisotopic (exact) mass is 420 g/mol.